The first kappa shape index (κ1) is 13.9. The maximum Gasteiger partial charge on any atom is 0.00966 e. The minimum atomic E-state index is 0.760. The maximum atomic E-state index is 3.99. The Morgan fingerprint density at radius 1 is 0.947 bits per heavy atom. The third-order valence-electron chi connectivity index (χ3n) is 6.39. The van der Waals surface area contributed by atoms with Gasteiger partial charge in [0.1, 0.15) is 0 Å². The average molecular weight is 264 g/mol. The first-order valence-corrected chi connectivity index (χ1v) is 8.63. The van der Waals surface area contributed by atoms with Gasteiger partial charge in [-0.2, -0.15) is 0 Å². The van der Waals surface area contributed by atoms with Gasteiger partial charge in [-0.3, -0.25) is 0 Å². The van der Waals surface area contributed by atoms with Crippen LogP contribution in [0.4, 0.5) is 0 Å². The number of nitrogens with one attached hydrogen (secondary N) is 1. The molecule has 1 N–H and O–H groups in total. The largest absolute Gasteiger partial charge is 0.311 e. The molecule has 110 valence electrons. The molecule has 0 amide bonds. The Morgan fingerprint density at radius 3 is 2.26 bits per heavy atom. The minimum Gasteiger partial charge on any atom is -0.311 e. The van der Waals surface area contributed by atoms with Crippen LogP contribution < -0.4 is 5.32 Å². The molecule has 3 fully saturated rings. The molecule has 0 aromatic carbocycles. The van der Waals surface area contributed by atoms with Crippen molar-refractivity contribution >= 4 is 0 Å². The lowest BCUT2D eigenvalue weighted by Crippen LogP contribution is -2.49. The van der Waals surface area contributed by atoms with E-state index in [2.05, 4.69) is 24.2 Å². The van der Waals surface area contributed by atoms with E-state index in [1.807, 2.05) is 0 Å². The van der Waals surface area contributed by atoms with Crippen molar-refractivity contribution in [1.29, 1.82) is 0 Å². The van der Waals surface area contributed by atoms with E-state index in [1.54, 1.807) is 0 Å². The molecule has 19 heavy (non-hydrogen) atoms. The number of nitrogens with zero attached hydrogens (tertiary/aromatic N) is 1. The molecule has 1 spiro atoms. The highest BCUT2D eigenvalue weighted by Gasteiger charge is 2.38. The molecular formula is C17H32N2. The van der Waals surface area contributed by atoms with Gasteiger partial charge in [0.05, 0.1) is 0 Å². The predicted octanol–water partition coefficient (Wildman–Crippen LogP) is 3.56. The van der Waals surface area contributed by atoms with Gasteiger partial charge in [-0.1, -0.05) is 12.8 Å². The molecule has 0 aromatic rings. The molecule has 2 unspecified atom stereocenters. The second kappa shape index (κ2) is 5.73. The smallest absolute Gasteiger partial charge is 0.00966 e. The van der Waals surface area contributed by atoms with Gasteiger partial charge < -0.3 is 10.2 Å². The van der Waals surface area contributed by atoms with Gasteiger partial charge in [0.25, 0.3) is 0 Å². The highest BCUT2D eigenvalue weighted by Crippen LogP contribution is 2.48. The second-order valence-corrected chi connectivity index (χ2v) is 7.70. The average Bonchev–Trinajstić information content (AvgIpc) is 2.86. The highest BCUT2D eigenvalue weighted by molar-refractivity contribution is 4.93. The van der Waals surface area contributed by atoms with E-state index in [1.165, 1.54) is 70.8 Å². The SMILES string of the molecule is CC1CC(NC2CCC3(CCCC3)CC2)CCN1C. The van der Waals surface area contributed by atoms with Crippen LogP contribution in [0.25, 0.3) is 0 Å². The third-order valence-corrected chi connectivity index (χ3v) is 6.39. The zero-order chi connectivity index (χ0) is 13.3. The van der Waals surface area contributed by atoms with Crippen LogP contribution in [-0.2, 0) is 0 Å². The summed E-state index contributed by atoms with van der Waals surface area (Å²) < 4.78 is 0. The van der Waals surface area contributed by atoms with Gasteiger partial charge in [0, 0.05) is 18.1 Å². The van der Waals surface area contributed by atoms with Crippen LogP contribution in [0.1, 0.15) is 71.1 Å². The minimum absolute atomic E-state index is 0.760. The van der Waals surface area contributed by atoms with Crippen LogP contribution in [0.5, 0.6) is 0 Å². The van der Waals surface area contributed by atoms with Crippen LogP contribution in [0.3, 0.4) is 0 Å². The van der Waals surface area contributed by atoms with Gasteiger partial charge in [0.2, 0.25) is 0 Å². The normalized spacial score (nSPS) is 36.9. The third kappa shape index (κ3) is 3.16. The standard InChI is InChI=1S/C17H32N2/c1-14-13-16(7-12-19(14)2)18-15-5-10-17(11-6-15)8-3-4-9-17/h14-16,18H,3-13H2,1-2H3. The summed E-state index contributed by atoms with van der Waals surface area (Å²) in [5.41, 5.74) is 0.790. The summed E-state index contributed by atoms with van der Waals surface area (Å²) >= 11 is 0. The Hall–Kier alpha value is -0.0800. The Bertz CT molecular complexity index is 286. The fraction of sp³-hybridized carbons (Fsp3) is 1.00. The topological polar surface area (TPSA) is 15.3 Å². The van der Waals surface area contributed by atoms with Crippen molar-refractivity contribution < 1.29 is 0 Å². The van der Waals surface area contributed by atoms with E-state index in [-0.39, 0.29) is 0 Å². The van der Waals surface area contributed by atoms with Crippen molar-refractivity contribution in [2.45, 2.75) is 89.3 Å². The maximum absolute atomic E-state index is 3.99. The van der Waals surface area contributed by atoms with Crippen molar-refractivity contribution in [3.05, 3.63) is 0 Å². The molecule has 0 aromatic heterocycles. The van der Waals surface area contributed by atoms with Gasteiger partial charge in [-0.25, -0.2) is 0 Å². The molecule has 2 nitrogen and oxygen atoms in total. The van der Waals surface area contributed by atoms with Crippen LogP contribution in [0.2, 0.25) is 0 Å². The molecule has 1 aliphatic heterocycles. The molecule has 2 atom stereocenters. The van der Waals surface area contributed by atoms with Crippen LogP contribution >= 0.6 is 0 Å². The number of piperidine rings is 1. The summed E-state index contributed by atoms with van der Waals surface area (Å²) in [6, 6.07) is 2.37. The fourth-order valence-electron chi connectivity index (χ4n) is 4.80. The van der Waals surface area contributed by atoms with E-state index >= 15 is 0 Å². The highest BCUT2D eigenvalue weighted by atomic mass is 15.1. The number of hydrogen-bond acceptors (Lipinski definition) is 2. The Morgan fingerprint density at radius 2 is 1.63 bits per heavy atom. The summed E-state index contributed by atoms with van der Waals surface area (Å²) in [6.07, 6.45) is 14.7. The molecule has 3 aliphatic rings. The summed E-state index contributed by atoms with van der Waals surface area (Å²) in [5, 5.41) is 3.99. The van der Waals surface area contributed by atoms with E-state index in [0.29, 0.717) is 0 Å². The second-order valence-electron chi connectivity index (χ2n) is 7.70. The summed E-state index contributed by atoms with van der Waals surface area (Å²) in [6.45, 7) is 3.65. The molecule has 2 aliphatic carbocycles. The summed E-state index contributed by atoms with van der Waals surface area (Å²) in [7, 11) is 2.27. The van der Waals surface area contributed by atoms with Crippen LogP contribution in [0.15, 0.2) is 0 Å². The fourth-order valence-corrected chi connectivity index (χ4v) is 4.80. The zero-order valence-corrected chi connectivity index (χ0v) is 13.0. The Kier molecular flexibility index (Phi) is 4.19. The van der Waals surface area contributed by atoms with Gasteiger partial charge in [0.15, 0.2) is 0 Å². The van der Waals surface area contributed by atoms with Crippen molar-refractivity contribution in [2.75, 3.05) is 13.6 Å². The molecular weight excluding hydrogens is 232 g/mol. The first-order chi connectivity index (χ1) is 9.17. The Balaban J connectivity index is 1.44. The lowest BCUT2D eigenvalue weighted by Gasteiger charge is -2.41. The van der Waals surface area contributed by atoms with E-state index in [9.17, 15) is 0 Å². The molecule has 2 heteroatoms. The van der Waals surface area contributed by atoms with Gasteiger partial charge in [-0.05, 0) is 77.3 Å². The predicted molar refractivity (Wildman–Crippen MR) is 81.4 cm³/mol. The van der Waals surface area contributed by atoms with E-state index in [4.69, 9.17) is 0 Å². The van der Waals surface area contributed by atoms with Crippen molar-refractivity contribution in [3.63, 3.8) is 0 Å². The number of likely N-dealkylation sites (tertiary alicyclic amines) is 1. The number of rotatable bonds is 2. The quantitative estimate of drug-likeness (QED) is 0.820. The van der Waals surface area contributed by atoms with E-state index in [0.717, 1.165) is 23.5 Å². The molecule has 1 heterocycles. The first-order valence-electron chi connectivity index (χ1n) is 8.63. The van der Waals surface area contributed by atoms with Gasteiger partial charge in [-0.15, -0.1) is 0 Å². The Labute approximate surface area is 119 Å². The molecule has 3 rings (SSSR count). The number of hydrogen-bond donors (Lipinski definition) is 1. The lowest BCUT2D eigenvalue weighted by molar-refractivity contribution is 0.131. The molecule has 1 saturated heterocycles. The molecule has 0 radical (unpaired) electrons. The van der Waals surface area contributed by atoms with E-state index < -0.39 is 0 Å². The van der Waals surface area contributed by atoms with Gasteiger partial charge >= 0.3 is 0 Å². The monoisotopic (exact) mass is 264 g/mol. The molecule has 2 saturated carbocycles. The summed E-state index contributed by atoms with van der Waals surface area (Å²) in [5.74, 6) is 0. The molecule has 0 bridgehead atoms. The van der Waals surface area contributed by atoms with Crippen LogP contribution in [0, 0.1) is 5.41 Å². The summed E-state index contributed by atoms with van der Waals surface area (Å²) in [4.78, 5) is 2.51. The lowest BCUT2D eigenvalue weighted by atomic mass is 9.71. The van der Waals surface area contributed by atoms with Crippen molar-refractivity contribution in [3.8, 4) is 0 Å². The zero-order valence-electron chi connectivity index (χ0n) is 13.0. The van der Waals surface area contributed by atoms with Crippen molar-refractivity contribution in [1.82, 2.24) is 10.2 Å². The van der Waals surface area contributed by atoms with Crippen LogP contribution in [-0.4, -0.2) is 36.6 Å². The van der Waals surface area contributed by atoms with Crippen molar-refractivity contribution in [2.24, 2.45) is 5.41 Å².